The molecule has 160 valence electrons. The van der Waals surface area contributed by atoms with Crippen LogP contribution in [0.5, 0.6) is 0 Å². The van der Waals surface area contributed by atoms with Gasteiger partial charge in [-0.3, -0.25) is 4.79 Å². The van der Waals surface area contributed by atoms with Crippen LogP contribution in [0, 0.1) is 5.92 Å². The second-order valence-electron chi connectivity index (χ2n) is 7.10. The lowest BCUT2D eigenvalue weighted by atomic mass is 9.99. The number of carbonyl (C=O) groups excluding carboxylic acids is 1. The maximum absolute atomic E-state index is 12.6. The number of rotatable bonds is 5. The third kappa shape index (κ3) is 5.51. The molecular formula is C18H30Cl2N4O3S. The van der Waals surface area contributed by atoms with E-state index in [9.17, 15) is 13.2 Å². The van der Waals surface area contributed by atoms with E-state index in [0.29, 0.717) is 44.2 Å². The van der Waals surface area contributed by atoms with E-state index >= 15 is 0 Å². The summed E-state index contributed by atoms with van der Waals surface area (Å²) in [6.07, 6.45) is 3.71. The Morgan fingerprint density at radius 2 is 1.79 bits per heavy atom. The predicted octanol–water partition coefficient (Wildman–Crippen LogP) is 1.60. The van der Waals surface area contributed by atoms with Crippen LogP contribution in [0.25, 0.3) is 0 Å². The minimum atomic E-state index is -3.52. The molecule has 0 spiro atoms. The van der Waals surface area contributed by atoms with E-state index in [0.717, 1.165) is 19.3 Å². The van der Waals surface area contributed by atoms with Gasteiger partial charge in [0, 0.05) is 38.6 Å². The minimum Gasteiger partial charge on any atom is -0.367 e. The number of sulfonamides is 1. The normalized spacial score (nSPS) is 22.4. The Labute approximate surface area is 179 Å². The molecule has 1 aromatic rings. The summed E-state index contributed by atoms with van der Waals surface area (Å²) in [5.41, 5.74) is 6.77. The van der Waals surface area contributed by atoms with Crippen molar-refractivity contribution in [3.8, 4) is 0 Å². The van der Waals surface area contributed by atoms with Gasteiger partial charge in [0.1, 0.15) is 4.90 Å². The number of nitrogens with zero attached hydrogens (tertiary/aromatic N) is 2. The van der Waals surface area contributed by atoms with Gasteiger partial charge in [0.15, 0.2) is 0 Å². The molecule has 2 fully saturated rings. The Morgan fingerprint density at radius 3 is 2.36 bits per heavy atom. The van der Waals surface area contributed by atoms with E-state index in [1.807, 2.05) is 21.9 Å². The molecule has 0 unspecified atom stereocenters. The molecule has 3 N–H and O–H groups in total. The van der Waals surface area contributed by atoms with Gasteiger partial charge in [-0.15, -0.1) is 24.8 Å². The number of anilines is 1. The maximum Gasteiger partial charge on any atom is 0.242 e. The van der Waals surface area contributed by atoms with Crippen molar-refractivity contribution in [1.29, 1.82) is 0 Å². The van der Waals surface area contributed by atoms with Crippen LogP contribution in [0.1, 0.15) is 25.7 Å². The number of hydrogen-bond donors (Lipinski definition) is 2. The Morgan fingerprint density at radius 1 is 1.14 bits per heavy atom. The molecule has 2 aliphatic rings. The largest absolute Gasteiger partial charge is 0.367 e. The summed E-state index contributed by atoms with van der Waals surface area (Å²) >= 11 is 0. The Bertz CT molecular complexity index is 755. The summed E-state index contributed by atoms with van der Waals surface area (Å²) in [7, 11) is -2.10. The fourth-order valence-corrected chi connectivity index (χ4v) is 4.87. The van der Waals surface area contributed by atoms with Gasteiger partial charge in [-0.2, -0.15) is 0 Å². The highest BCUT2D eigenvalue weighted by molar-refractivity contribution is 7.89. The number of para-hydroxylation sites is 1. The van der Waals surface area contributed by atoms with Crippen molar-refractivity contribution in [2.45, 2.75) is 36.6 Å². The molecule has 28 heavy (non-hydrogen) atoms. The van der Waals surface area contributed by atoms with Crippen molar-refractivity contribution in [3.05, 3.63) is 24.3 Å². The van der Waals surface area contributed by atoms with E-state index < -0.39 is 10.0 Å². The number of amides is 1. The molecule has 1 saturated carbocycles. The van der Waals surface area contributed by atoms with Gasteiger partial charge >= 0.3 is 0 Å². The average Bonchev–Trinajstić information content (AvgIpc) is 3.06. The molecule has 10 heteroatoms. The molecule has 1 aliphatic heterocycles. The van der Waals surface area contributed by atoms with Gasteiger partial charge in [-0.1, -0.05) is 18.6 Å². The molecular weight excluding hydrogens is 423 g/mol. The van der Waals surface area contributed by atoms with Crippen molar-refractivity contribution < 1.29 is 13.2 Å². The fourth-order valence-electron chi connectivity index (χ4n) is 3.92. The standard InChI is InChI=1S/C18H28N4O3S.2ClH/c1-20-26(24,25)17-8-3-2-7-16(17)21-9-11-22(12-10-21)18(23)13-14-5-4-6-15(14)19;;/h2-3,7-8,14-15,20H,4-6,9-13,19H2,1H3;2*1H/t14-,15+;;/m0../s1. The summed E-state index contributed by atoms with van der Waals surface area (Å²) in [5.74, 6) is 0.477. The molecule has 1 amide bonds. The number of piperazine rings is 1. The summed E-state index contributed by atoms with van der Waals surface area (Å²) < 4.78 is 26.9. The van der Waals surface area contributed by atoms with Crippen LogP contribution in [0.4, 0.5) is 5.69 Å². The van der Waals surface area contributed by atoms with Gasteiger partial charge in [0.2, 0.25) is 15.9 Å². The van der Waals surface area contributed by atoms with Gasteiger partial charge < -0.3 is 15.5 Å². The van der Waals surface area contributed by atoms with E-state index in [1.165, 1.54) is 7.05 Å². The SMILES string of the molecule is CNS(=O)(=O)c1ccccc1N1CCN(C(=O)C[C@@H]2CCC[C@H]2N)CC1.Cl.Cl. The Kier molecular flexibility index (Phi) is 9.49. The first-order valence-corrected chi connectivity index (χ1v) is 10.7. The molecule has 3 rings (SSSR count). The Balaban J connectivity index is 0.00000196. The zero-order chi connectivity index (χ0) is 18.7. The maximum atomic E-state index is 12.6. The summed E-state index contributed by atoms with van der Waals surface area (Å²) in [6, 6.07) is 7.14. The molecule has 1 saturated heterocycles. The van der Waals surface area contributed by atoms with Crippen LogP contribution >= 0.6 is 24.8 Å². The first-order chi connectivity index (χ1) is 12.4. The van der Waals surface area contributed by atoms with Crippen molar-refractivity contribution in [2.75, 3.05) is 38.1 Å². The number of carbonyl (C=O) groups is 1. The molecule has 2 atom stereocenters. The fraction of sp³-hybridized carbons (Fsp3) is 0.611. The second-order valence-corrected chi connectivity index (χ2v) is 8.96. The number of halogens is 2. The van der Waals surface area contributed by atoms with Crippen molar-refractivity contribution in [1.82, 2.24) is 9.62 Å². The van der Waals surface area contributed by atoms with E-state index in [2.05, 4.69) is 4.72 Å². The molecule has 1 aromatic carbocycles. The number of hydrogen-bond acceptors (Lipinski definition) is 5. The zero-order valence-corrected chi connectivity index (χ0v) is 18.5. The smallest absolute Gasteiger partial charge is 0.242 e. The van der Waals surface area contributed by atoms with E-state index in [1.54, 1.807) is 12.1 Å². The van der Waals surface area contributed by atoms with Crippen LogP contribution in [-0.4, -0.2) is 58.5 Å². The number of benzene rings is 1. The highest BCUT2D eigenvalue weighted by Crippen LogP contribution is 2.29. The first-order valence-electron chi connectivity index (χ1n) is 9.23. The summed E-state index contributed by atoms with van der Waals surface area (Å²) in [5, 5.41) is 0. The van der Waals surface area contributed by atoms with Crippen LogP contribution in [0.3, 0.4) is 0 Å². The van der Waals surface area contributed by atoms with E-state index in [-0.39, 0.29) is 41.7 Å². The lowest BCUT2D eigenvalue weighted by Gasteiger charge is -2.37. The molecule has 0 aromatic heterocycles. The summed E-state index contributed by atoms with van der Waals surface area (Å²) in [6.45, 7) is 2.46. The molecule has 1 aliphatic carbocycles. The van der Waals surface area contributed by atoms with Crippen molar-refractivity contribution >= 4 is 46.4 Å². The van der Waals surface area contributed by atoms with E-state index in [4.69, 9.17) is 5.73 Å². The van der Waals surface area contributed by atoms with Crippen LogP contribution in [-0.2, 0) is 14.8 Å². The third-order valence-corrected chi connectivity index (χ3v) is 7.01. The highest BCUT2D eigenvalue weighted by Gasteiger charge is 2.30. The van der Waals surface area contributed by atoms with Gasteiger partial charge in [0.05, 0.1) is 5.69 Å². The van der Waals surface area contributed by atoms with Crippen LogP contribution in [0.2, 0.25) is 0 Å². The summed E-state index contributed by atoms with van der Waals surface area (Å²) in [4.78, 5) is 16.8. The third-order valence-electron chi connectivity index (χ3n) is 5.55. The number of nitrogens with two attached hydrogens (primary N) is 1. The highest BCUT2D eigenvalue weighted by atomic mass is 35.5. The monoisotopic (exact) mass is 452 g/mol. The van der Waals surface area contributed by atoms with Gasteiger partial charge in [-0.25, -0.2) is 13.1 Å². The molecule has 0 bridgehead atoms. The Hall–Kier alpha value is -1.06. The second kappa shape index (κ2) is 10.6. The van der Waals surface area contributed by atoms with Gasteiger partial charge in [0.25, 0.3) is 0 Å². The van der Waals surface area contributed by atoms with Crippen molar-refractivity contribution in [3.63, 3.8) is 0 Å². The topological polar surface area (TPSA) is 95.7 Å². The quantitative estimate of drug-likeness (QED) is 0.706. The molecule has 7 nitrogen and oxygen atoms in total. The van der Waals surface area contributed by atoms with Crippen LogP contribution in [0.15, 0.2) is 29.2 Å². The molecule has 0 radical (unpaired) electrons. The molecule has 1 heterocycles. The lowest BCUT2D eigenvalue weighted by Crippen LogP contribution is -2.49. The predicted molar refractivity (Wildman–Crippen MR) is 116 cm³/mol. The van der Waals surface area contributed by atoms with Crippen LogP contribution < -0.4 is 15.4 Å². The zero-order valence-electron chi connectivity index (χ0n) is 16.0. The minimum absolute atomic E-state index is 0. The van der Waals surface area contributed by atoms with Crippen molar-refractivity contribution in [2.24, 2.45) is 11.7 Å². The average molecular weight is 453 g/mol. The van der Waals surface area contributed by atoms with Gasteiger partial charge in [-0.05, 0) is 37.9 Å². The first kappa shape index (κ1) is 25.0. The lowest BCUT2D eigenvalue weighted by molar-refractivity contribution is -0.132. The number of nitrogens with one attached hydrogen (secondary N) is 1.